The number of hydrogen-bond donors (Lipinski definition) is 0. The molecule has 2 heterocycles. The van der Waals surface area contributed by atoms with Gasteiger partial charge in [-0.1, -0.05) is 85.2 Å². The lowest BCUT2D eigenvalue weighted by atomic mass is 10.0. The van der Waals surface area contributed by atoms with E-state index >= 15 is 0 Å². The van der Waals surface area contributed by atoms with Gasteiger partial charge in [0.05, 0.1) is 17.1 Å². The average molecular weight is 524 g/mol. The summed E-state index contributed by atoms with van der Waals surface area (Å²) in [6, 6.07) is 25.8. The van der Waals surface area contributed by atoms with Crippen LogP contribution in [0, 0.1) is 6.92 Å². The van der Waals surface area contributed by atoms with Crippen LogP contribution in [0.5, 0.6) is 5.75 Å². The van der Waals surface area contributed by atoms with Gasteiger partial charge in [-0.15, -0.1) is 0 Å². The predicted molar refractivity (Wildman–Crippen MR) is 155 cm³/mol. The zero-order chi connectivity index (χ0) is 25.8. The predicted octanol–water partition coefficient (Wildman–Crippen LogP) is 6.81. The zero-order valence-corrected chi connectivity index (χ0v) is 22.0. The fourth-order valence-corrected chi connectivity index (χ4v) is 5.33. The molecule has 0 radical (unpaired) electrons. The van der Waals surface area contributed by atoms with Gasteiger partial charge in [0, 0.05) is 17.3 Å². The third-order valence-electron chi connectivity index (χ3n) is 5.91. The molecule has 37 heavy (non-hydrogen) atoms. The van der Waals surface area contributed by atoms with Crippen LogP contribution < -0.4 is 4.74 Å². The minimum atomic E-state index is -0.0957. The second-order valence-electron chi connectivity index (χ2n) is 8.55. The maximum absolute atomic E-state index is 13.3. The highest BCUT2D eigenvalue weighted by molar-refractivity contribution is 8.26. The van der Waals surface area contributed by atoms with Crippen LogP contribution in [0.25, 0.3) is 23.0 Å². The van der Waals surface area contributed by atoms with Gasteiger partial charge < -0.3 is 4.74 Å². The molecule has 4 aromatic rings. The third-order valence-corrected chi connectivity index (χ3v) is 7.29. The molecular weight excluding hydrogens is 498 g/mol. The van der Waals surface area contributed by atoms with Crippen LogP contribution in [-0.2, 0) is 11.3 Å². The van der Waals surface area contributed by atoms with Crippen LogP contribution in [0.3, 0.4) is 0 Å². The number of thiocarbonyl (C=S) groups is 1. The lowest BCUT2D eigenvalue weighted by molar-refractivity contribution is -0.122. The van der Waals surface area contributed by atoms with Crippen molar-refractivity contribution in [2.75, 3.05) is 6.61 Å². The summed E-state index contributed by atoms with van der Waals surface area (Å²) in [5.41, 5.74) is 5.51. The number of amides is 1. The molecule has 0 atom stereocenters. The molecule has 0 saturated carbocycles. The average Bonchev–Trinajstić information content (AvgIpc) is 3.45. The summed E-state index contributed by atoms with van der Waals surface area (Å²) in [4.78, 5) is 15.6. The Bertz CT molecular complexity index is 1490. The molecule has 1 aliphatic rings. The molecule has 1 saturated heterocycles. The Kier molecular flexibility index (Phi) is 7.35. The fraction of sp³-hybridized carbons (Fsp3) is 0.100. The molecule has 0 aliphatic carbocycles. The highest BCUT2D eigenvalue weighted by Crippen LogP contribution is 2.36. The zero-order valence-electron chi connectivity index (χ0n) is 20.3. The topological polar surface area (TPSA) is 47.4 Å². The van der Waals surface area contributed by atoms with Crippen LogP contribution in [0.15, 0.2) is 103 Å². The molecule has 0 N–H and O–H groups in total. The number of carbonyl (C=O) groups excluding carboxylic acids is 1. The molecule has 7 heteroatoms. The van der Waals surface area contributed by atoms with Gasteiger partial charge in [0.15, 0.2) is 0 Å². The van der Waals surface area contributed by atoms with E-state index in [1.807, 2.05) is 103 Å². The third kappa shape index (κ3) is 5.43. The number of nitrogens with zero attached hydrogens (tertiary/aromatic N) is 3. The molecule has 1 aliphatic heterocycles. The largest absolute Gasteiger partial charge is 0.489 e. The van der Waals surface area contributed by atoms with Crippen LogP contribution >= 0.6 is 24.0 Å². The van der Waals surface area contributed by atoms with Crippen molar-refractivity contribution < 1.29 is 9.53 Å². The number of aryl methyl sites for hydroxylation is 1. The Labute approximate surface area is 226 Å². The van der Waals surface area contributed by atoms with E-state index < -0.39 is 0 Å². The van der Waals surface area contributed by atoms with Gasteiger partial charge in [0.25, 0.3) is 5.91 Å². The molecular formula is C30H25N3O2S2. The maximum Gasteiger partial charge on any atom is 0.266 e. The number of benzene rings is 3. The van der Waals surface area contributed by atoms with Crippen molar-refractivity contribution in [3.05, 3.63) is 119 Å². The van der Waals surface area contributed by atoms with Crippen molar-refractivity contribution in [3.8, 4) is 22.7 Å². The second-order valence-corrected chi connectivity index (χ2v) is 10.2. The standard InChI is InChI=1S/C30H25N3O2S2/c1-3-16-35-26-15-14-23(17-21(26)2)28-24(20-33(31-28)25-12-8-5-9-13-25)18-27-29(34)32(30(36)37-27)19-22-10-6-4-7-11-22/h3-15,17-18,20H,1,16,19H2,2H3/b27-18-. The molecule has 0 spiro atoms. The Balaban J connectivity index is 1.52. The molecule has 1 amide bonds. The van der Waals surface area contributed by atoms with Gasteiger partial charge in [-0.25, -0.2) is 4.68 Å². The quantitative estimate of drug-likeness (QED) is 0.144. The smallest absolute Gasteiger partial charge is 0.266 e. The molecule has 1 aromatic heterocycles. The second kappa shape index (κ2) is 11.0. The van der Waals surface area contributed by atoms with E-state index in [9.17, 15) is 4.79 Å². The van der Waals surface area contributed by atoms with Gasteiger partial charge in [-0.05, 0) is 54.5 Å². The van der Waals surface area contributed by atoms with E-state index in [2.05, 4.69) is 6.58 Å². The number of thioether (sulfide) groups is 1. The first-order valence-corrected chi connectivity index (χ1v) is 13.0. The van der Waals surface area contributed by atoms with Crippen molar-refractivity contribution >= 4 is 40.3 Å². The van der Waals surface area contributed by atoms with E-state index in [0.717, 1.165) is 39.4 Å². The SMILES string of the molecule is C=CCOc1ccc(-c2nn(-c3ccccc3)cc2/C=C2\SC(=S)N(Cc3ccccc3)C2=O)cc1C. The van der Waals surface area contributed by atoms with E-state index in [-0.39, 0.29) is 5.91 Å². The molecule has 0 bridgehead atoms. The Hall–Kier alpha value is -3.94. The van der Waals surface area contributed by atoms with Crippen LogP contribution in [0.2, 0.25) is 0 Å². The van der Waals surface area contributed by atoms with Crippen molar-refractivity contribution in [3.63, 3.8) is 0 Å². The lowest BCUT2D eigenvalue weighted by Gasteiger charge is -2.14. The summed E-state index contributed by atoms with van der Waals surface area (Å²) in [5, 5.41) is 4.90. The highest BCUT2D eigenvalue weighted by atomic mass is 32.2. The summed E-state index contributed by atoms with van der Waals surface area (Å²) in [5.74, 6) is 0.705. The van der Waals surface area contributed by atoms with E-state index in [1.165, 1.54) is 11.8 Å². The minimum absolute atomic E-state index is 0.0957. The molecule has 184 valence electrons. The monoisotopic (exact) mass is 523 g/mol. The highest BCUT2D eigenvalue weighted by Gasteiger charge is 2.32. The van der Waals surface area contributed by atoms with Gasteiger partial charge >= 0.3 is 0 Å². The van der Waals surface area contributed by atoms with Crippen molar-refractivity contribution in [1.29, 1.82) is 0 Å². The minimum Gasteiger partial charge on any atom is -0.489 e. The number of hydrogen-bond acceptors (Lipinski definition) is 5. The number of para-hydroxylation sites is 1. The maximum atomic E-state index is 13.3. The summed E-state index contributed by atoms with van der Waals surface area (Å²) >= 11 is 6.89. The molecule has 0 unspecified atom stereocenters. The molecule has 1 fully saturated rings. The fourth-order valence-electron chi connectivity index (χ4n) is 4.08. The van der Waals surface area contributed by atoms with E-state index in [4.69, 9.17) is 22.1 Å². The molecule has 3 aromatic carbocycles. The van der Waals surface area contributed by atoms with Gasteiger partial charge in [0.2, 0.25) is 0 Å². The van der Waals surface area contributed by atoms with Crippen molar-refractivity contribution in [2.45, 2.75) is 13.5 Å². The summed E-state index contributed by atoms with van der Waals surface area (Å²) in [6.45, 7) is 6.61. The van der Waals surface area contributed by atoms with Crippen molar-refractivity contribution in [2.24, 2.45) is 0 Å². The number of carbonyl (C=O) groups is 1. The van der Waals surface area contributed by atoms with Gasteiger partial charge in [0.1, 0.15) is 22.4 Å². The Morgan fingerprint density at radius 2 is 1.78 bits per heavy atom. The van der Waals surface area contributed by atoms with Crippen LogP contribution in [0.4, 0.5) is 0 Å². The first-order chi connectivity index (χ1) is 18.0. The molecule has 5 rings (SSSR count). The van der Waals surface area contributed by atoms with Gasteiger partial charge in [-0.3, -0.25) is 9.69 Å². The number of rotatable bonds is 8. The summed E-state index contributed by atoms with van der Waals surface area (Å²) in [6.07, 6.45) is 5.57. The summed E-state index contributed by atoms with van der Waals surface area (Å²) < 4.78 is 8.14. The number of ether oxygens (including phenoxy) is 1. The molecule has 5 nitrogen and oxygen atoms in total. The summed E-state index contributed by atoms with van der Waals surface area (Å²) in [7, 11) is 0. The Morgan fingerprint density at radius 1 is 1.05 bits per heavy atom. The van der Waals surface area contributed by atoms with Crippen LogP contribution in [0.1, 0.15) is 16.7 Å². The lowest BCUT2D eigenvalue weighted by Crippen LogP contribution is -2.27. The number of aromatic nitrogens is 2. The van der Waals surface area contributed by atoms with Gasteiger partial charge in [-0.2, -0.15) is 5.10 Å². The van der Waals surface area contributed by atoms with E-state index in [1.54, 1.807) is 11.0 Å². The normalized spacial score (nSPS) is 14.4. The first kappa shape index (κ1) is 24.7. The Morgan fingerprint density at radius 3 is 2.49 bits per heavy atom. The van der Waals surface area contributed by atoms with E-state index in [0.29, 0.717) is 22.4 Å². The van der Waals surface area contributed by atoms with Crippen molar-refractivity contribution in [1.82, 2.24) is 14.7 Å². The first-order valence-electron chi connectivity index (χ1n) is 11.8. The van der Waals surface area contributed by atoms with Crippen LogP contribution in [-0.4, -0.2) is 31.5 Å².